The van der Waals surface area contributed by atoms with Crippen LogP contribution in [0.15, 0.2) is 48.5 Å². The van der Waals surface area contributed by atoms with Gasteiger partial charge in [0.25, 0.3) is 5.91 Å². The van der Waals surface area contributed by atoms with Crippen molar-refractivity contribution >= 4 is 29.2 Å². The van der Waals surface area contributed by atoms with E-state index in [0.29, 0.717) is 16.5 Å². The van der Waals surface area contributed by atoms with Gasteiger partial charge < -0.3 is 14.8 Å². The first-order chi connectivity index (χ1) is 11.5. The van der Waals surface area contributed by atoms with Crippen LogP contribution in [-0.2, 0) is 14.3 Å². The van der Waals surface area contributed by atoms with E-state index in [-0.39, 0.29) is 0 Å². The van der Waals surface area contributed by atoms with Crippen LogP contribution in [0.5, 0.6) is 5.75 Å². The second-order valence-corrected chi connectivity index (χ2v) is 5.26. The molecule has 5 nitrogen and oxygen atoms in total. The zero-order valence-electron chi connectivity index (χ0n) is 12.8. The maximum atomic E-state index is 12.8. The molecule has 1 amide bonds. The van der Waals surface area contributed by atoms with E-state index in [1.54, 1.807) is 24.3 Å². The maximum absolute atomic E-state index is 12.8. The number of para-hydroxylation sites is 1. The van der Waals surface area contributed by atoms with Crippen molar-refractivity contribution in [2.75, 3.05) is 11.9 Å². The molecule has 0 radical (unpaired) electrons. The number of halogens is 2. The van der Waals surface area contributed by atoms with E-state index in [2.05, 4.69) is 5.32 Å². The van der Waals surface area contributed by atoms with Crippen molar-refractivity contribution in [2.24, 2.45) is 0 Å². The standard InChI is InChI=1S/C17H15ClFNO4/c1-11(24-13-8-6-12(19)7-9-13)17(22)23-10-16(21)20-15-5-3-2-4-14(15)18/h2-9,11H,10H2,1H3,(H,20,21)/t11-/m1/s1. The first kappa shape index (κ1) is 17.7. The number of carbonyl (C=O) groups is 2. The minimum Gasteiger partial charge on any atom is -0.479 e. The highest BCUT2D eigenvalue weighted by atomic mass is 35.5. The number of nitrogens with one attached hydrogen (secondary N) is 1. The third-order valence-electron chi connectivity index (χ3n) is 2.95. The third kappa shape index (κ3) is 5.24. The Morgan fingerprint density at radius 3 is 2.50 bits per heavy atom. The molecule has 126 valence electrons. The van der Waals surface area contributed by atoms with Crippen LogP contribution in [0.25, 0.3) is 0 Å². The number of anilines is 1. The van der Waals surface area contributed by atoms with Crippen molar-refractivity contribution in [1.29, 1.82) is 0 Å². The Morgan fingerprint density at radius 1 is 1.17 bits per heavy atom. The molecule has 2 aromatic carbocycles. The predicted molar refractivity (Wildman–Crippen MR) is 87.5 cm³/mol. The summed E-state index contributed by atoms with van der Waals surface area (Å²) in [7, 11) is 0. The van der Waals surface area contributed by atoms with Crippen molar-refractivity contribution < 1.29 is 23.5 Å². The highest BCUT2D eigenvalue weighted by Gasteiger charge is 2.18. The normalized spacial score (nSPS) is 11.5. The van der Waals surface area contributed by atoms with Crippen LogP contribution in [0, 0.1) is 5.82 Å². The molecule has 0 saturated heterocycles. The van der Waals surface area contributed by atoms with E-state index in [9.17, 15) is 14.0 Å². The van der Waals surface area contributed by atoms with Crippen LogP contribution >= 0.6 is 11.6 Å². The molecule has 2 rings (SSSR count). The van der Waals surface area contributed by atoms with Gasteiger partial charge in [-0.2, -0.15) is 0 Å². The van der Waals surface area contributed by atoms with Crippen LogP contribution < -0.4 is 10.1 Å². The lowest BCUT2D eigenvalue weighted by molar-refractivity contribution is -0.153. The van der Waals surface area contributed by atoms with E-state index in [1.165, 1.54) is 31.2 Å². The Labute approximate surface area is 143 Å². The summed E-state index contributed by atoms with van der Waals surface area (Å²) in [5.74, 6) is -1.32. The highest BCUT2D eigenvalue weighted by Crippen LogP contribution is 2.20. The fourth-order valence-corrected chi connectivity index (χ4v) is 1.95. The lowest BCUT2D eigenvalue weighted by atomic mass is 10.3. The summed E-state index contributed by atoms with van der Waals surface area (Å²) in [5.41, 5.74) is 0.427. The molecule has 7 heteroatoms. The quantitative estimate of drug-likeness (QED) is 0.810. The fourth-order valence-electron chi connectivity index (χ4n) is 1.77. The van der Waals surface area contributed by atoms with E-state index >= 15 is 0 Å². The molecule has 0 aliphatic heterocycles. The van der Waals surface area contributed by atoms with Crippen molar-refractivity contribution in [1.82, 2.24) is 0 Å². The third-order valence-corrected chi connectivity index (χ3v) is 3.28. The summed E-state index contributed by atoms with van der Waals surface area (Å²) in [4.78, 5) is 23.6. The number of benzene rings is 2. The van der Waals surface area contributed by atoms with Gasteiger partial charge in [-0.1, -0.05) is 23.7 Å². The second kappa shape index (κ2) is 8.31. The summed E-state index contributed by atoms with van der Waals surface area (Å²) in [5, 5.41) is 2.91. The topological polar surface area (TPSA) is 64.6 Å². The SMILES string of the molecule is C[C@@H](Oc1ccc(F)cc1)C(=O)OCC(=O)Nc1ccccc1Cl. The summed E-state index contributed by atoms with van der Waals surface area (Å²) < 4.78 is 23.0. The van der Waals surface area contributed by atoms with E-state index < -0.39 is 30.4 Å². The predicted octanol–water partition coefficient (Wildman–Crippen LogP) is 3.43. The lowest BCUT2D eigenvalue weighted by Crippen LogP contribution is -2.29. The van der Waals surface area contributed by atoms with Crippen molar-refractivity contribution in [3.05, 3.63) is 59.4 Å². The molecular formula is C17H15ClFNO4. The zero-order chi connectivity index (χ0) is 17.5. The average Bonchev–Trinajstić information content (AvgIpc) is 2.57. The molecule has 1 atom stereocenters. The van der Waals surface area contributed by atoms with Gasteiger partial charge in [-0.3, -0.25) is 4.79 Å². The summed E-state index contributed by atoms with van der Waals surface area (Å²) in [6.45, 7) is 0.999. The van der Waals surface area contributed by atoms with Crippen molar-refractivity contribution in [3.63, 3.8) is 0 Å². The smallest absolute Gasteiger partial charge is 0.347 e. The number of hydrogen-bond donors (Lipinski definition) is 1. The molecule has 0 aliphatic carbocycles. The molecule has 0 unspecified atom stereocenters. The van der Waals surface area contributed by atoms with Gasteiger partial charge in [0.15, 0.2) is 12.7 Å². The summed E-state index contributed by atoms with van der Waals surface area (Å²) in [6.07, 6.45) is -0.941. The van der Waals surface area contributed by atoms with Crippen LogP contribution in [-0.4, -0.2) is 24.6 Å². The minimum atomic E-state index is -0.941. The molecule has 0 aromatic heterocycles. The number of ether oxygens (including phenoxy) is 2. The van der Waals surface area contributed by atoms with Crippen LogP contribution in [0.2, 0.25) is 5.02 Å². The van der Waals surface area contributed by atoms with Gasteiger partial charge in [-0.05, 0) is 43.3 Å². The number of amides is 1. The largest absolute Gasteiger partial charge is 0.479 e. The highest BCUT2D eigenvalue weighted by molar-refractivity contribution is 6.33. The maximum Gasteiger partial charge on any atom is 0.347 e. The lowest BCUT2D eigenvalue weighted by Gasteiger charge is -2.14. The Bertz CT molecular complexity index is 721. The molecule has 0 spiro atoms. The van der Waals surface area contributed by atoms with Gasteiger partial charge in [-0.25, -0.2) is 9.18 Å². The van der Waals surface area contributed by atoms with Crippen LogP contribution in [0.3, 0.4) is 0 Å². The van der Waals surface area contributed by atoms with E-state index in [0.717, 1.165) is 0 Å². The number of rotatable bonds is 6. The molecule has 2 aromatic rings. The Morgan fingerprint density at radius 2 is 1.83 bits per heavy atom. The fraction of sp³-hybridized carbons (Fsp3) is 0.176. The Kier molecular flexibility index (Phi) is 6.14. The molecule has 0 saturated carbocycles. The number of carbonyl (C=O) groups excluding carboxylic acids is 2. The molecule has 0 fully saturated rings. The molecule has 1 N–H and O–H groups in total. The van der Waals surface area contributed by atoms with Gasteiger partial charge in [-0.15, -0.1) is 0 Å². The van der Waals surface area contributed by atoms with Gasteiger partial charge >= 0.3 is 5.97 Å². The van der Waals surface area contributed by atoms with Crippen LogP contribution in [0.4, 0.5) is 10.1 Å². The Balaban J connectivity index is 1.80. The second-order valence-electron chi connectivity index (χ2n) is 4.85. The average molecular weight is 352 g/mol. The first-order valence-corrected chi connectivity index (χ1v) is 7.47. The molecule has 0 bridgehead atoms. The van der Waals surface area contributed by atoms with Gasteiger partial charge in [0, 0.05) is 0 Å². The van der Waals surface area contributed by atoms with Gasteiger partial charge in [0.1, 0.15) is 11.6 Å². The van der Waals surface area contributed by atoms with Crippen LogP contribution in [0.1, 0.15) is 6.92 Å². The van der Waals surface area contributed by atoms with Crippen molar-refractivity contribution in [2.45, 2.75) is 13.0 Å². The van der Waals surface area contributed by atoms with Crippen molar-refractivity contribution in [3.8, 4) is 5.75 Å². The first-order valence-electron chi connectivity index (χ1n) is 7.09. The van der Waals surface area contributed by atoms with E-state index in [4.69, 9.17) is 21.1 Å². The molecular weight excluding hydrogens is 337 g/mol. The van der Waals surface area contributed by atoms with E-state index in [1.807, 2.05) is 0 Å². The summed E-state index contributed by atoms with van der Waals surface area (Å²) in [6, 6.07) is 11.9. The molecule has 0 heterocycles. The number of hydrogen-bond acceptors (Lipinski definition) is 4. The monoisotopic (exact) mass is 351 g/mol. The van der Waals surface area contributed by atoms with Gasteiger partial charge in [0.05, 0.1) is 10.7 Å². The summed E-state index contributed by atoms with van der Waals surface area (Å²) >= 11 is 5.91. The zero-order valence-corrected chi connectivity index (χ0v) is 13.5. The number of esters is 1. The van der Waals surface area contributed by atoms with Gasteiger partial charge in [0.2, 0.25) is 0 Å². The Hall–Kier alpha value is -2.60. The molecule has 0 aliphatic rings. The minimum absolute atomic E-state index is 0.321. The molecule has 24 heavy (non-hydrogen) atoms.